The fraction of sp³-hybridized carbons (Fsp3) is 0.462. The number of nitrogens with one attached hydrogen (secondary N) is 1. The van der Waals surface area contributed by atoms with Crippen LogP contribution in [0.25, 0.3) is 0 Å². The number of rotatable bonds is 6. The van der Waals surface area contributed by atoms with Crippen LogP contribution in [0.15, 0.2) is 24.3 Å². The highest BCUT2D eigenvalue weighted by Crippen LogP contribution is 2.20. The standard InChI is InChI=1S/C13H16F4N2O3/c14-9-1-3-10(4-2-9)18-12(22)19(7-11(21)8-20)6-5-13(15,16)17/h1-4,11,20-21H,5-8H2,(H,18,22)/t11-/m0/s1. The van der Waals surface area contributed by atoms with E-state index in [9.17, 15) is 27.5 Å². The summed E-state index contributed by atoms with van der Waals surface area (Å²) >= 11 is 0. The highest BCUT2D eigenvalue weighted by molar-refractivity contribution is 5.89. The summed E-state index contributed by atoms with van der Waals surface area (Å²) in [7, 11) is 0. The minimum atomic E-state index is -4.46. The maximum Gasteiger partial charge on any atom is 0.390 e. The number of hydrogen-bond donors (Lipinski definition) is 3. The highest BCUT2D eigenvalue weighted by atomic mass is 19.4. The zero-order valence-corrected chi connectivity index (χ0v) is 11.5. The summed E-state index contributed by atoms with van der Waals surface area (Å²) in [5.41, 5.74) is 0.196. The van der Waals surface area contributed by atoms with E-state index in [1.165, 1.54) is 12.1 Å². The van der Waals surface area contributed by atoms with Gasteiger partial charge in [-0.1, -0.05) is 0 Å². The van der Waals surface area contributed by atoms with E-state index in [0.29, 0.717) is 0 Å². The normalized spacial score (nSPS) is 12.8. The maximum absolute atomic E-state index is 12.7. The van der Waals surface area contributed by atoms with Gasteiger partial charge < -0.3 is 20.4 Å². The van der Waals surface area contributed by atoms with Crippen LogP contribution in [0.4, 0.5) is 28.0 Å². The second kappa shape index (κ2) is 7.95. The molecule has 1 aromatic carbocycles. The summed E-state index contributed by atoms with van der Waals surface area (Å²) in [4.78, 5) is 12.7. The van der Waals surface area contributed by atoms with Crippen molar-refractivity contribution < 1.29 is 32.6 Å². The third-order valence-corrected chi connectivity index (χ3v) is 2.69. The quantitative estimate of drug-likeness (QED) is 0.701. The second-order valence-electron chi connectivity index (χ2n) is 4.58. The van der Waals surface area contributed by atoms with Crippen molar-refractivity contribution in [3.63, 3.8) is 0 Å². The molecule has 1 aromatic rings. The molecule has 0 saturated heterocycles. The Morgan fingerprint density at radius 2 is 1.86 bits per heavy atom. The molecule has 0 unspecified atom stereocenters. The Bertz CT molecular complexity index is 479. The number of benzene rings is 1. The number of aliphatic hydroxyl groups is 2. The maximum atomic E-state index is 12.7. The van der Waals surface area contributed by atoms with Crippen molar-refractivity contribution in [3.05, 3.63) is 30.1 Å². The highest BCUT2D eigenvalue weighted by Gasteiger charge is 2.29. The van der Waals surface area contributed by atoms with Crippen molar-refractivity contribution in [2.24, 2.45) is 0 Å². The van der Waals surface area contributed by atoms with Gasteiger partial charge in [-0.15, -0.1) is 0 Å². The number of carbonyl (C=O) groups is 1. The van der Waals surface area contributed by atoms with Gasteiger partial charge in [0.1, 0.15) is 5.82 Å². The van der Waals surface area contributed by atoms with Gasteiger partial charge in [-0.2, -0.15) is 13.2 Å². The molecule has 5 nitrogen and oxygen atoms in total. The molecule has 1 rings (SSSR count). The lowest BCUT2D eigenvalue weighted by Gasteiger charge is -2.25. The molecule has 0 radical (unpaired) electrons. The predicted octanol–water partition coefficient (Wildman–Crippen LogP) is 1.97. The van der Waals surface area contributed by atoms with Gasteiger partial charge in [-0.3, -0.25) is 0 Å². The molecule has 124 valence electrons. The Balaban J connectivity index is 2.71. The van der Waals surface area contributed by atoms with Crippen molar-refractivity contribution in [2.75, 3.05) is 25.0 Å². The van der Waals surface area contributed by atoms with Crippen LogP contribution >= 0.6 is 0 Å². The zero-order valence-electron chi connectivity index (χ0n) is 11.5. The molecular formula is C13H16F4N2O3. The van der Waals surface area contributed by atoms with Crippen LogP contribution in [0.5, 0.6) is 0 Å². The van der Waals surface area contributed by atoms with E-state index in [2.05, 4.69) is 5.32 Å². The minimum absolute atomic E-state index is 0.196. The van der Waals surface area contributed by atoms with Crippen molar-refractivity contribution in [2.45, 2.75) is 18.7 Å². The molecule has 0 aromatic heterocycles. The molecule has 0 saturated carbocycles. The number of nitrogens with zero attached hydrogens (tertiary/aromatic N) is 1. The van der Waals surface area contributed by atoms with Crippen LogP contribution < -0.4 is 5.32 Å². The number of aliphatic hydroxyl groups excluding tert-OH is 2. The van der Waals surface area contributed by atoms with E-state index >= 15 is 0 Å². The van der Waals surface area contributed by atoms with Gasteiger partial charge >= 0.3 is 12.2 Å². The smallest absolute Gasteiger partial charge is 0.390 e. The monoisotopic (exact) mass is 324 g/mol. The number of alkyl halides is 3. The first-order chi connectivity index (χ1) is 10.2. The Morgan fingerprint density at radius 1 is 1.27 bits per heavy atom. The van der Waals surface area contributed by atoms with E-state index in [1.807, 2.05) is 0 Å². The fourth-order valence-corrected chi connectivity index (χ4v) is 1.59. The molecule has 22 heavy (non-hydrogen) atoms. The number of halogens is 4. The van der Waals surface area contributed by atoms with Gasteiger partial charge in [-0.25, -0.2) is 9.18 Å². The van der Waals surface area contributed by atoms with Crippen molar-refractivity contribution >= 4 is 11.7 Å². The molecule has 9 heteroatoms. The van der Waals surface area contributed by atoms with Gasteiger partial charge in [-0.05, 0) is 24.3 Å². The van der Waals surface area contributed by atoms with Crippen LogP contribution in [0, 0.1) is 5.82 Å². The summed E-state index contributed by atoms with van der Waals surface area (Å²) in [6.45, 7) is -1.82. The van der Waals surface area contributed by atoms with Crippen molar-refractivity contribution in [1.29, 1.82) is 0 Å². The van der Waals surface area contributed by atoms with E-state index in [-0.39, 0.29) is 5.69 Å². The van der Waals surface area contributed by atoms with Crippen molar-refractivity contribution in [1.82, 2.24) is 4.90 Å². The number of carbonyl (C=O) groups excluding carboxylic acids is 1. The first kappa shape index (κ1) is 18.2. The molecule has 0 aliphatic rings. The van der Waals surface area contributed by atoms with Crippen molar-refractivity contribution in [3.8, 4) is 0 Å². The van der Waals surface area contributed by atoms with Gasteiger partial charge in [0.2, 0.25) is 0 Å². The van der Waals surface area contributed by atoms with Gasteiger partial charge in [0.15, 0.2) is 0 Å². The lowest BCUT2D eigenvalue weighted by molar-refractivity contribution is -0.137. The number of anilines is 1. The fourth-order valence-electron chi connectivity index (χ4n) is 1.59. The Hall–Kier alpha value is -1.87. The minimum Gasteiger partial charge on any atom is -0.394 e. The van der Waals surface area contributed by atoms with Crippen LogP contribution in [0.1, 0.15) is 6.42 Å². The first-order valence-electron chi connectivity index (χ1n) is 6.38. The van der Waals surface area contributed by atoms with Gasteiger partial charge in [0, 0.05) is 12.2 Å². The SMILES string of the molecule is O=C(Nc1ccc(F)cc1)N(CCC(F)(F)F)C[C@H](O)CO. The molecule has 3 N–H and O–H groups in total. The molecule has 0 aliphatic carbocycles. The zero-order chi connectivity index (χ0) is 16.8. The van der Waals surface area contributed by atoms with E-state index in [0.717, 1.165) is 17.0 Å². The van der Waals surface area contributed by atoms with E-state index in [1.54, 1.807) is 0 Å². The Kier molecular flexibility index (Phi) is 6.57. The average Bonchev–Trinajstić information content (AvgIpc) is 2.44. The average molecular weight is 324 g/mol. The lowest BCUT2D eigenvalue weighted by atomic mass is 10.3. The van der Waals surface area contributed by atoms with Crippen LogP contribution in [-0.4, -0.2) is 53.1 Å². The molecule has 0 heterocycles. The molecule has 1 atom stereocenters. The van der Waals surface area contributed by atoms with Crippen LogP contribution in [-0.2, 0) is 0 Å². The van der Waals surface area contributed by atoms with E-state index in [4.69, 9.17) is 5.11 Å². The Morgan fingerprint density at radius 3 is 2.36 bits per heavy atom. The number of amides is 2. The third kappa shape index (κ3) is 6.72. The van der Waals surface area contributed by atoms with Gasteiger partial charge in [0.05, 0.1) is 25.7 Å². The molecular weight excluding hydrogens is 308 g/mol. The van der Waals surface area contributed by atoms with E-state index < -0.39 is 50.2 Å². The predicted molar refractivity (Wildman–Crippen MR) is 70.8 cm³/mol. The molecule has 0 bridgehead atoms. The first-order valence-corrected chi connectivity index (χ1v) is 6.38. The molecule has 0 spiro atoms. The number of urea groups is 1. The lowest BCUT2D eigenvalue weighted by Crippen LogP contribution is -2.42. The summed E-state index contributed by atoms with van der Waals surface area (Å²) in [5.74, 6) is -0.525. The summed E-state index contributed by atoms with van der Waals surface area (Å²) in [5, 5.41) is 20.3. The summed E-state index contributed by atoms with van der Waals surface area (Å²) in [6.07, 6.45) is -7.06. The largest absolute Gasteiger partial charge is 0.394 e. The van der Waals surface area contributed by atoms with Gasteiger partial charge in [0.25, 0.3) is 0 Å². The topological polar surface area (TPSA) is 72.8 Å². The number of hydrogen-bond acceptors (Lipinski definition) is 3. The van der Waals surface area contributed by atoms with Crippen LogP contribution in [0.3, 0.4) is 0 Å². The Labute approximate surface area is 124 Å². The van der Waals surface area contributed by atoms with Crippen LogP contribution in [0.2, 0.25) is 0 Å². The summed E-state index contributed by atoms with van der Waals surface area (Å²) in [6, 6.07) is 3.77. The molecule has 0 fully saturated rings. The molecule has 0 aliphatic heterocycles. The second-order valence-corrected chi connectivity index (χ2v) is 4.58. The third-order valence-electron chi connectivity index (χ3n) is 2.69. The molecule has 2 amide bonds. The summed E-state index contributed by atoms with van der Waals surface area (Å²) < 4.78 is 49.5.